The summed E-state index contributed by atoms with van der Waals surface area (Å²) >= 11 is 0. The Balaban J connectivity index is 1.71. The van der Waals surface area contributed by atoms with E-state index in [0.717, 1.165) is 19.4 Å². The van der Waals surface area contributed by atoms with Crippen LogP contribution in [0.15, 0.2) is 46.9 Å². The largest absolute Gasteiger partial charge is 0.465 e. The molecule has 5 rings (SSSR count). The first-order chi connectivity index (χ1) is 15.6. The molecule has 1 atom stereocenters. The van der Waals surface area contributed by atoms with Crippen LogP contribution in [-0.4, -0.2) is 49.4 Å². The van der Waals surface area contributed by atoms with Crippen molar-refractivity contribution in [3.63, 3.8) is 0 Å². The van der Waals surface area contributed by atoms with E-state index in [4.69, 9.17) is 23.9 Å². The van der Waals surface area contributed by atoms with Crippen molar-refractivity contribution in [1.29, 1.82) is 0 Å². The molecule has 4 aromatic rings. The normalized spacial score (nSPS) is 16.2. The van der Waals surface area contributed by atoms with Crippen LogP contribution in [0.2, 0.25) is 0 Å². The van der Waals surface area contributed by atoms with Crippen molar-refractivity contribution in [2.24, 2.45) is 0 Å². The number of esters is 1. The summed E-state index contributed by atoms with van der Waals surface area (Å²) in [6.07, 6.45) is 1.97. The summed E-state index contributed by atoms with van der Waals surface area (Å²) in [5, 5.41) is 0.656. The third-order valence-corrected chi connectivity index (χ3v) is 5.79. The Morgan fingerprint density at radius 1 is 1.16 bits per heavy atom. The number of fused-ring (bicyclic) bond motifs is 2. The highest BCUT2D eigenvalue weighted by atomic mass is 19.1. The fraction of sp³-hybridized carbons (Fsp3) is 0.292. The lowest BCUT2D eigenvalue weighted by atomic mass is 10.1. The van der Waals surface area contributed by atoms with Gasteiger partial charge in [0.25, 0.3) is 0 Å². The number of methoxy groups -OCH3 is 2. The summed E-state index contributed by atoms with van der Waals surface area (Å²) in [6, 6.07) is 11.4. The second kappa shape index (κ2) is 8.20. The van der Waals surface area contributed by atoms with Gasteiger partial charge in [-0.25, -0.2) is 19.2 Å². The first-order valence-electron chi connectivity index (χ1n) is 10.4. The standard InChI is InChI=1S/C24H22FN3O4/c1-30-13-17-4-3-9-28(17)23-22(21-12-15-10-16(25)6-8-20(15)32-21)26-18-7-5-14(24(29)31-2)11-19(18)27-23/h5-8,10-12,17H,3-4,9,13H2,1-2H3/t17-/m1/s1. The van der Waals surface area contributed by atoms with E-state index in [-0.39, 0.29) is 11.9 Å². The zero-order chi connectivity index (χ0) is 22.2. The van der Waals surface area contributed by atoms with E-state index < -0.39 is 5.97 Å². The van der Waals surface area contributed by atoms with Crippen molar-refractivity contribution in [2.75, 3.05) is 32.3 Å². The van der Waals surface area contributed by atoms with Gasteiger partial charge in [0.05, 0.1) is 36.4 Å². The maximum absolute atomic E-state index is 13.7. The smallest absolute Gasteiger partial charge is 0.337 e. The molecule has 0 radical (unpaired) electrons. The average molecular weight is 435 g/mol. The van der Waals surface area contributed by atoms with E-state index in [9.17, 15) is 9.18 Å². The van der Waals surface area contributed by atoms with Gasteiger partial charge in [0.15, 0.2) is 11.6 Å². The van der Waals surface area contributed by atoms with Crippen molar-refractivity contribution in [3.8, 4) is 11.5 Å². The van der Waals surface area contributed by atoms with Gasteiger partial charge >= 0.3 is 5.97 Å². The highest BCUT2D eigenvalue weighted by Gasteiger charge is 2.30. The molecule has 2 aromatic carbocycles. The fourth-order valence-electron chi connectivity index (χ4n) is 4.27. The minimum absolute atomic E-state index is 0.149. The Hall–Kier alpha value is -3.52. The molecule has 3 heterocycles. The second-order valence-electron chi connectivity index (χ2n) is 7.83. The first-order valence-corrected chi connectivity index (χ1v) is 10.4. The fourth-order valence-corrected chi connectivity index (χ4v) is 4.27. The van der Waals surface area contributed by atoms with Gasteiger partial charge in [0.2, 0.25) is 0 Å². The lowest BCUT2D eigenvalue weighted by Gasteiger charge is -2.26. The van der Waals surface area contributed by atoms with Crippen molar-refractivity contribution in [1.82, 2.24) is 9.97 Å². The van der Waals surface area contributed by atoms with Crippen LogP contribution < -0.4 is 4.90 Å². The predicted molar refractivity (Wildman–Crippen MR) is 118 cm³/mol. The third-order valence-electron chi connectivity index (χ3n) is 5.79. The van der Waals surface area contributed by atoms with Crippen LogP contribution in [0.5, 0.6) is 0 Å². The predicted octanol–water partition coefficient (Wildman–Crippen LogP) is 4.58. The second-order valence-corrected chi connectivity index (χ2v) is 7.83. The molecule has 1 aliphatic rings. The molecular formula is C24H22FN3O4. The number of halogens is 1. The minimum atomic E-state index is -0.433. The van der Waals surface area contributed by atoms with Crippen LogP contribution >= 0.6 is 0 Å². The molecule has 0 amide bonds. The lowest BCUT2D eigenvalue weighted by molar-refractivity contribution is 0.0601. The highest BCUT2D eigenvalue weighted by molar-refractivity contribution is 5.94. The zero-order valence-corrected chi connectivity index (χ0v) is 17.8. The molecule has 1 fully saturated rings. The molecule has 0 spiro atoms. The monoisotopic (exact) mass is 435 g/mol. The molecule has 0 saturated carbocycles. The number of rotatable bonds is 5. The van der Waals surface area contributed by atoms with E-state index in [1.165, 1.54) is 19.2 Å². The number of hydrogen-bond donors (Lipinski definition) is 0. The molecule has 0 N–H and O–H groups in total. The summed E-state index contributed by atoms with van der Waals surface area (Å²) in [5.74, 6) is 0.399. The number of hydrogen-bond acceptors (Lipinski definition) is 7. The molecular weight excluding hydrogens is 413 g/mol. The van der Waals surface area contributed by atoms with E-state index >= 15 is 0 Å². The number of ether oxygens (including phenoxy) is 2. The van der Waals surface area contributed by atoms with Gasteiger partial charge in [-0.2, -0.15) is 0 Å². The van der Waals surface area contributed by atoms with Crippen LogP contribution in [0.1, 0.15) is 23.2 Å². The SMILES string of the molecule is COC[C@H]1CCCN1c1nc2cc(C(=O)OC)ccc2nc1-c1cc2cc(F)ccc2o1. The number of benzene rings is 2. The topological polar surface area (TPSA) is 77.7 Å². The van der Waals surface area contributed by atoms with E-state index in [1.807, 2.05) is 0 Å². The molecule has 1 saturated heterocycles. The molecule has 0 unspecified atom stereocenters. The molecule has 2 aromatic heterocycles. The lowest BCUT2D eigenvalue weighted by Crippen LogP contribution is -2.34. The summed E-state index contributed by atoms with van der Waals surface area (Å²) in [7, 11) is 3.02. The Labute approximate surface area is 183 Å². The van der Waals surface area contributed by atoms with Crippen molar-refractivity contribution >= 4 is 33.8 Å². The summed E-state index contributed by atoms with van der Waals surface area (Å²) in [5.41, 5.74) is 2.75. The minimum Gasteiger partial charge on any atom is -0.465 e. The van der Waals surface area contributed by atoms with Crippen LogP contribution in [0.3, 0.4) is 0 Å². The van der Waals surface area contributed by atoms with E-state index in [0.29, 0.717) is 51.4 Å². The van der Waals surface area contributed by atoms with Gasteiger partial charge in [-0.05, 0) is 55.3 Å². The third kappa shape index (κ3) is 3.56. The molecule has 0 bridgehead atoms. The Bertz CT molecular complexity index is 1320. The summed E-state index contributed by atoms with van der Waals surface area (Å²) < 4.78 is 30.0. The van der Waals surface area contributed by atoms with Gasteiger partial charge in [-0.3, -0.25) is 0 Å². The van der Waals surface area contributed by atoms with Gasteiger partial charge < -0.3 is 18.8 Å². The molecule has 8 heteroatoms. The summed E-state index contributed by atoms with van der Waals surface area (Å²) in [6.45, 7) is 1.36. The van der Waals surface area contributed by atoms with Crippen molar-refractivity contribution in [2.45, 2.75) is 18.9 Å². The number of carbonyl (C=O) groups excluding carboxylic acids is 1. The van der Waals surface area contributed by atoms with Gasteiger partial charge in [0, 0.05) is 19.0 Å². The number of furan rings is 1. The number of aromatic nitrogens is 2. The zero-order valence-electron chi connectivity index (χ0n) is 17.8. The number of carbonyl (C=O) groups is 1. The molecule has 164 valence electrons. The van der Waals surface area contributed by atoms with Crippen LogP contribution in [0.4, 0.5) is 10.2 Å². The van der Waals surface area contributed by atoms with E-state index in [2.05, 4.69) is 4.90 Å². The van der Waals surface area contributed by atoms with Gasteiger partial charge in [-0.1, -0.05) is 0 Å². The first kappa shape index (κ1) is 20.4. The quantitative estimate of drug-likeness (QED) is 0.425. The summed E-state index contributed by atoms with van der Waals surface area (Å²) in [4.78, 5) is 23.9. The number of nitrogens with zero attached hydrogens (tertiary/aromatic N) is 3. The van der Waals surface area contributed by atoms with Crippen molar-refractivity contribution < 1.29 is 23.1 Å². The van der Waals surface area contributed by atoms with E-state index in [1.54, 1.807) is 37.4 Å². The van der Waals surface area contributed by atoms with Gasteiger partial charge in [-0.15, -0.1) is 0 Å². The van der Waals surface area contributed by atoms with Crippen LogP contribution in [0, 0.1) is 5.82 Å². The van der Waals surface area contributed by atoms with Gasteiger partial charge in [0.1, 0.15) is 17.1 Å². The molecule has 32 heavy (non-hydrogen) atoms. The molecule has 0 aliphatic carbocycles. The number of anilines is 1. The maximum Gasteiger partial charge on any atom is 0.337 e. The van der Waals surface area contributed by atoms with Crippen molar-refractivity contribution in [3.05, 3.63) is 53.8 Å². The van der Waals surface area contributed by atoms with Crippen LogP contribution in [-0.2, 0) is 9.47 Å². The Morgan fingerprint density at radius 3 is 2.84 bits per heavy atom. The highest BCUT2D eigenvalue weighted by Crippen LogP contribution is 2.37. The molecule has 1 aliphatic heterocycles. The Morgan fingerprint density at radius 2 is 2.03 bits per heavy atom. The van der Waals surface area contributed by atoms with Crippen LogP contribution in [0.25, 0.3) is 33.5 Å². The molecule has 7 nitrogen and oxygen atoms in total. The average Bonchev–Trinajstić information content (AvgIpc) is 3.44. The maximum atomic E-state index is 13.7. The Kier molecular flexibility index (Phi) is 5.22.